The largest absolute Gasteiger partial charge is 0.305 e. The Hall–Kier alpha value is -2.70. The van der Waals surface area contributed by atoms with Crippen LogP contribution in [0, 0.1) is 6.92 Å². The van der Waals surface area contributed by atoms with Gasteiger partial charge in [-0.25, -0.2) is 9.97 Å². The van der Waals surface area contributed by atoms with Crippen molar-refractivity contribution in [1.29, 1.82) is 0 Å². The second-order valence-corrected chi connectivity index (χ2v) is 8.48. The Labute approximate surface area is 179 Å². The average molecular weight is 422 g/mol. The van der Waals surface area contributed by atoms with Crippen LogP contribution >= 0.6 is 11.6 Å². The maximum atomic E-state index is 12.9. The molecule has 4 aromatic heterocycles. The van der Waals surface area contributed by atoms with Crippen molar-refractivity contribution in [3.8, 4) is 11.3 Å². The molecule has 0 N–H and O–H groups in total. The summed E-state index contributed by atoms with van der Waals surface area (Å²) in [5.41, 5.74) is 4.77. The minimum Gasteiger partial charge on any atom is -0.305 e. The van der Waals surface area contributed by atoms with Crippen LogP contribution in [-0.2, 0) is 0 Å². The lowest BCUT2D eigenvalue weighted by molar-refractivity contribution is 0.222. The molecule has 30 heavy (non-hydrogen) atoms. The van der Waals surface area contributed by atoms with Crippen LogP contribution in [0.5, 0.6) is 0 Å². The number of nitrogens with zero attached hydrogens (tertiary/aromatic N) is 5. The van der Waals surface area contributed by atoms with Crippen LogP contribution in [-0.4, -0.2) is 43.3 Å². The topological polar surface area (TPSA) is 54.9 Å². The number of fused-ring (bicyclic) bond motifs is 2. The van der Waals surface area contributed by atoms with Gasteiger partial charge in [0.1, 0.15) is 5.65 Å². The van der Waals surface area contributed by atoms with Crippen molar-refractivity contribution < 1.29 is 0 Å². The molecule has 0 aromatic carbocycles. The van der Waals surface area contributed by atoms with Gasteiger partial charge in [-0.2, -0.15) is 0 Å². The van der Waals surface area contributed by atoms with Gasteiger partial charge in [0.05, 0.1) is 16.4 Å². The zero-order valence-corrected chi connectivity index (χ0v) is 17.9. The van der Waals surface area contributed by atoms with Crippen molar-refractivity contribution in [1.82, 2.24) is 23.7 Å². The molecule has 0 aliphatic carbocycles. The van der Waals surface area contributed by atoms with Crippen LogP contribution in [0.3, 0.4) is 0 Å². The van der Waals surface area contributed by atoms with Crippen molar-refractivity contribution in [2.75, 3.05) is 19.6 Å². The number of aryl methyl sites for hydroxylation is 1. The van der Waals surface area contributed by atoms with Crippen molar-refractivity contribution >= 4 is 22.9 Å². The van der Waals surface area contributed by atoms with E-state index in [0.29, 0.717) is 27.9 Å². The first-order valence-corrected chi connectivity index (χ1v) is 10.8. The van der Waals surface area contributed by atoms with Crippen LogP contribution in [0.15, 0.2) is 47.7 Å². The first-order valence-electron chi connectivity index (χ1n) is 10.4. The number of imidazole rings is 1. The van der Waals surface area contributed by atoms with E-state index in [1.54, 1.807) is 10.5 Å². The van der Waals surface area contributed by atoms with E-state index in [4.69, 9.17) is 16.6 Å². The molecule has 5 rings (SSSR count). The van der Waals surface area contributed by atoms with Crippen molar-refractivity contribution in [3.63, 3.8) is 0 Å². The molecule has 0 amide bonds. The summed E-state index contributed by atoms with van der Waals surface area (Å²) in [6.07, 6.45) is 8.05. The monoisotopic (exact) mass is 421 g/mol. The summed E-state index contributed by atoms with van der Waals surface area (Å²) < 4.78 is 3.54. The summed E-state index contributed by atoms with van der Waals surface area (Å²) >= 11 is 6.41. The van der Waals surface area contributed by atoms with Gasteiger partial charge >= 0.3 is 0 Å². The van der Waals surface area contributed by atoms with Crippen LogP contribution < -0.4 is 5.56 Å². The third-order valence-corrected chi connectivity index (χ3v) is 6.39. The Morgan fingerprint density at radius 1 is 1.10 bits per heavy atom. The van der Waals surface area contributed by atoms with Gasteiger partial charge in [-0.05, 0) is 63.0 Å². The standard InChI is InChI=1S/C23H24ClN5O/c1-3-27-8-6-16(7-9-27)17-4-5-21-26-20(11-22(30)29(21)14-17)18-10-19(24)23-25-15(2)12-28(23)13-18/h4-5,10-14,16H,3,6-9H2,1-2H3. The van der Waals surface area contributed by atoms with Crippen molar-refractivity contribution in [2.45, 2.75) is 32.6 Å². The first-order chi connectivity index (χ1) is 14.5. The van der Waals surface area contributed by atoms with E-state index >= 15 is 0 Å². The zero-order chi connectivity index (χ0) is 20.8. The number of aromatic nitrogens is 4. The number of rotatable bonds is 3. The molecule has 7 heteroatoms. The van der Waals surface area contributed by atoms with Crippen LogP contribution in [0.4, 0.5) is 0 Å². The first kappa shape index (κ1) is 19.3. The van der Waals surface area contributed by atoms with E-state index in [0.717, 1.165) is 43.7 Å². The Balaban J connectivity index is 1.53. The van der Waals surface area contributed by atoms with Crippen LogP contribution in [0.25, 0.3) is 22.6 Å². The van der Waals surface area contributed by atoms with Gasteiger partial charge in [0.25, 0.3) is 5.56 Å². The lowest BCUT2D eigenvalue weighted by atomic mass is 9.90. The zero-order valence-electron chi connectivity index (χ0n) is 17.2. The van der Waals surface area contributed by atoms with Gasteiger partial charge < -0.3 is 9.30 Å². The van der Waals surface area contributed by atoms with E-state index in [1.165, 1.54) is 5.56 Å². The quantitative estimate of drug-likeness (QED) is 0.498. The maximum absolute atomic E-state index is 12.9. The fourth-order valence-electron chi connectivity index (χ4n) is 4.41. The fourth-order valence-corrected chi connectivity index (χ4v) is 4.67. The van der Waals surface area contributed by atoms with E-state index in [1.807, 2.05) is 42.0 Å². The lowest BCUT2D eigenvalue weighted by Gasteiger charge is -2.31. The summed E-state index contributed by atoms with van der Waals surface area (Å²) in [4.78, 5) is 24.6. The Kier molecular flexibility index (Phi) is 4.83. The summed E-state index contributed by atoms with van der Waals surface area (Å²) in [6, 6.07) is 7.47. The molecule has 1 saturated heterocycles. The second-order valence-electron chi connectivity index (χ2n) is 8.07. The summed E-state index contributed by atoms with van der Waals surface area (Å²) in [5, 5.41) is 0.538. The summed E-state index contributed by atoms with van der Waals surface area (Å²) in [7, 11) is 0. The van der Waals surface area contributed by atoms with Gasteiger partial charge in [0.2, 0.25) is 0 Å². The predicted molar refractivity (Wildman–Crippen MR) is 119 cm³/mol. The van der Waals surface area contributed by atoms with Crippen molar-refractivity contribution in [2.24, 2.45) is 0 Å². The summed E-state index contributed by atoms with van der Waals surface area (Å²) in [6.45, 7) is 7.46. The molecular weight excluding hydrogens is 398 g/mol. The predicted octanol–water partition coefficient (Wildman–Crippen LogP) is 4.17. The molecule has 0 bridgehead atoms. The molecule has 0 unspecified atom stereocenters. The number of piperidine rings is 1. The molecule has 0 atom stereocenters. The minimum absolute atomic E-state index is 0.0825. The molecular formula is C23H24ClN5O. The number of halogens is 1. The Morgan fingerprint density at radius 2 is 1.90 bits per heavy atom. The maximum Gasteiger partial charge on any atom is 0.258 e. The van der Waals surface area contributed by atoms with Crippen LogP contribution in [0.2, 0.25) is 5.02 Å². The van der Waals surface area contributed by atoms with Gasteiger partial charge in [-0.3, -0.25) is 9.20 Å². The molecule has 6 nitrogen and oxygen atoms in total. The molecule has 1 aliphatic heterocycles. The average Bonchev–Trinajstić information content (AvgIpc) is 3.14. The molecule has 154 valence electrons. The Bertz CT molecular complexity index is 1300. The highest BCUT2D eigenvalue weighted by Crippen LogP contribution is 2.28. The number of hydrogen-bond donors (Lipinski definition) is 0. The fraction of sp³-hybridized carbons (Fsp3) is 0.348. The summed E-state index contributed by atoms with van der Waals surface area (Å²) in [5.74, 6) is 0.495. The molecule has 0 spiro atoms. The highest BCUT2D eigenvalue weighted by Gasteiger charge is 2.20. The molecule has 5 heterocycles. The molecule has 0 radical (unpaired) electrons. The SMILES string of the molecule is CCN1CCC(c2ccc3nc(-c4cc(Cl)c5nc(C)cn5c4)cc(=O)n3c2)CC1. The van der Waals surface area contributed by atoms with Crippen molar-refractivity contribution in [3.05, 3.63) is 69.5 Å². The van der Waals surface area contributed by atoms with Gasteiger partial charge in [0.15, 0.2) is 5.65 Å². The van der Waals surface area contributed by atoms with Gasteiger partial charge in [-0.1, -0.05) is 24.6 Å². The molecule has 1 aliphatic rings. The van der Waals surface area contributed by atoms with E-state index in [9.17, 15) is 4.79 Å². The Morgan fingerprint density at radius 3 is 2.67 bits per heavy atom. The molecule has 4 aromatic rings. The molecule has 1 fully saturated rings. The highest BCUT2D eigenvalue weighted by atomic mass is 35.5. The van der Waals surface area contributed by atoms with Gasteiger partial charge in [-0.15, -0.1) is 0 Å². The highest BCUT2D eigenvalue weighted by molar-refractivity contribution is 6.33. The lowest BCUT2D eigenvalue weighted by Crippen LogP contribution is -2.32. The minimum atomic E-state index is -0.0825. The second kappa shape index (κ2) is 7.52. The third kappa shape index (κ3) is 3.40. The number of hydrogen-bond acceptors (Lipinski definition) is 4. The smallest absolute Gasteiger partial charge is 0.258 e. The van der Waals surface area contributed by atoms with Crippen LogP contribution in [0.1, 0.15) is 36.9 Å². The van der Waals surface area contributed by atoms with E-state index in [2.05, 4.69) is 22.9 Å². The van der Waals surface area contributed by atoms with Gasteiger partial charge in [0, 0.05) is 30.2 Å². The third-order valence-electron chi connectivity index (χ3n) is 6.11. The van der Waals surface area contributed by atoms with E-state index in [-0.39, 0.29) is 5.56 Å². The normalized spacial score (nSPS) is 16.0. The molecule has 0 saturated carbocycles. The number of likely N-dealkylation sites (tertiary alicyclic amines) is 1. The van der Waals surface area contributed by atoms with E-state index < -0.39 is 0 Å². The number of pyridine rings is 2.